The molecule has 1 saturated heterocycles. The fraction of sp³-hybridized carbons (Fsp3) is 0.455. The summed E-state index contributed by atoms with van der Waals surface area (Å²) in [6.07, 6.45) is 3.38. The summed E-state index contributed by atoms with van der Waals surface area (Å²) in [5.41, 5.74) is 8.77. The number of hydrogen-bond donors (Lipinski definition) is 2. The zero-order valence-electron chi connectivity index (χ0n) is 8.97. The first-order valence-electron chi connectivity index (χ1n) is 5.43. The maximum atomic E-state index is 13.2. The van der Waals surface area contributed by atoms with Gasteiger partial charge in [0, 0.05) is 25.2 Å². The molecule has 3 N–H and O–H groups in total. The monoisotopic (exact) mass is 227 g/mol. The lowest BCUT2D eigenvalue weighted by Gasteiger charge is -2.28. The smallest absolute Gasteiger partial charge is 0.151 e. The van der Waals surface area contributed by atoms with Gasteiger partial charge in [-0.05, 0) is 12.8 Å². The normalized spacial score (nSPS) is 17.4. The maximum Gasteiger partial charge on any atom is 0.151 e. The Kier molecular flexibility index (Phi) is 3.24. The number of nitrogens with zero attached hydrogens (tertiary/aromatic N) is 1. The van der Waals surface area contributed by atoms with Crippen molar-refractivity contribution in [1.29, 1.82) is 0 Å². The van der Waals surface area contributed by atoms with E-state index in [0.29, 0.717) is 5.69 Å². The van der Waals surface area contributed by atoms with E-state index < -0.39 is 11.6 Å². The molecule has 1 aliphatic rings. The van der Waals surface area contributed by atoms with E-state index in [9.17, 15) is 8.78 Å². The summed E-state index contributed by atoms with van der Waals surface area (Å²) < 4.78 is 26.2. The lowest BCUT2D eigenvalue weighted by Crippen LogP contribution is -2.35. The largest absolute Gasteiger partial charge is 0.395 e. The van der Waals surface area contributed by atoms with Gasteiger partial charge in [-0.25, -0.2) is 13.8 Å². The molecule has 3 nitrogen and oxygen atoms in total. The summed E-state index contributed by atoms with van der Waals surface area (Å²) >= 11 is 0. The molecule has 16 heavy (non-hydrogen) atoms. The van der Waals surface area contributed by atoms with Gasteiger partial charge in [0.2, 0.25) is 0 Å². The highest BCUT2D eigenvalue weighted by Gasteiger charge is 2.13. The zero-order chi connectivity index (χ0) is 11.5. The topological polar surface area (TPSA) is 41.3 Å². The molecule has 1 aromatic carbocycles. The summed E-state index contributed by atoms with van der Waals surface area (Å²) in [6, 6.07) is 2.00. The third kappa shape index (κ3) is 2.41. The van der Waals surface area contributed by atoms with Crippen LogP contribution < -0.4 is 11.2 Å². The molecule has 0 radical (unpaired) electrons. The van der Waals surface area contributed by atoms with Gasteiger partial charge in [0.05, 0.1) is 11.4 Å². The van der Waals surface area contributed by atoms with E-state index in [0.717, 1.165) is 32.0 Å². The van der Waals surface area contributed by atoms with Crippen LogP contribution in [0.4, 0.5) is 20.2 Å². The summed E-state index contributed by atoms with van der Waals surface area (Å²) in [6.45, 7) is 1.75. The third-order valence-electron chi connectivity index (χ3n) is 2.73. The Hall–Kier alpha value is -1.36. The van der Waals surface area contributed by atoms with E-state index in [1.165, 1.54) is 12.5 Å². The average molecular weight is 227 g/mol. The Balaban J connectivity index is 2.13. The van der Waals surface area contributed by atoms with Crippen LogP contribution in [-0.2, 0) is 0 Å². The minimum atomic E-state index is -0.723. The quantitative estimate of drug-likeness (QED) is 0.762. The first-order valence-corrected chi connectivity index (χ1v) is 5.43. The van der Waals surface area contributed by atoms with E-state index in [4.69, 9.17) is 5.73 Å². The molecule has 0 atom stereocenters. The van der Waals surface area contributed by atoms with Gasteiger partial charge < -0.3 is 11.2 Å². The lowest BCUT2D eigenvalue weighted by atomic mass is 10.2. The first-order chi connectivity index (χ1) is 7.66. The van der Waals surface area contributed by atoms with Crippen LogP contribution in [0.5, 0.6) is 0 Å². The van der Waals surface area contributed by atoms with Gasteiger partial charge in [-0.15, -0.1) is 0 Å². The van der Waals surface area contributed by atoms with Crippen molar-refractivity contribution in [2.24, 2.45) is 0 Å². The molecule has 88 valence electrons. The minimum absolute atomic E-state index is 0.0352. The summed E-state index contributed by atoms with van der Waals surface area (Å²) in [7, 11) is 0. The van der Waals surface area contributed by atoms with Crippen LogP contribution in [0.3, 0.4) is 0 Å². The highest BCUT2D eigenvalue weighted by atomic mass is 19.1. The summed E-state index contributed by atoms with van der Waals surface area (Å²) in [5, 5.41) is 1.94. The van der Waals surface area contributed by atoms with Crippen LogP contribution in [0.15, 0.2) is 12.1 Å². The number of nitrogen functional groups attached to an aromatic ring is 1. The summed E-state index contributed by atoms with van der Waals surface area (Å²) in [5.74, 6) is -1.34. The van der Waals surface area contributed by atoms with Crippen molar-refractivity contribution in [2.75, 3.05) is 24.2 Å². The molecule has 0 bridgehead atoms. The minimum Gasteiger partial charge on any atom is -0.395 e. The van der Waals surface area contributed by atoms with E-state index >= 15 is 0 Å². The number of piperidine rings is 1. The van der Waals surface area contributed by atoms with E-state index in [2.05, 4.69) is 5.43 Å². The van der Waals surface area contributed by atoms with Crippen molar-refractivity contribution >= 4 is 11.4 Å². The highest BCUT2D eigenvalue weighted by molar-refractivity contribution is 5.66. The Morgan fingerprint density at radius 2 is 1.81 bits per heavy atom. The second-order valence-electron chi connectivity index (χ2n) is 4.01. The number of anilines is 2. The molecule has 0 aliphatic carbocycles. The number of rotatable bonds is 2. The van der Waals surface area contributed by atoms with Crippen molar-refractivity contribution in [3.8, 4) is 0 Å². The molecule has 1 heterocycles. The summed E-state index contributed by atoms with van der Waals surface area (Å²) in [4.78, 5) is 0. The standard InChI is InChI=1S/C11H15F2N3/c12-8-6-9(13)11(14)10(7-8)15-16-4-2-1-3-5-16/h6-7,15H,1-5,14H2. The average Bonchev–Trinajstić information content (AvgIpc) is 2.27. The fourth-order valence-corrected chi connectivity index (χ4v) is 1.85. The van der Waals surface area contributed by atoms with Crippen molar-refractivity contribution < 1.29 is 8.78 Å². The molecule has 1 aliphatic heterocycles. The molecular formula is C11H15F2N3. The highest BCUT2D eigenvalue weighted by Crippen LogP contribution is 2.24. The Labute approximate surface area is 93.2 Å². The molecule has 5 heteroatoms. The molecule has 0 unspecified atom stereocenters. The molecule has 0 spiro atoms. The number of nitrogens with two attached hydrogens (primary N) is 1. The Morgan fingerprint density at radius 3 is 2.50 bits per heavy atom. The van der Waals surface area contributed by atoms with Crippen LogP contribution in [0.1, 0.15) is 19.3 Å². The van der Waals surface area contributed by atoms with Crippen LogP contribution >= 0.6 is 0 Å². The van der Waals surface area contributed by atoms with Gasteiger partial charge >= 0.3 is 0 Å². The predicted octanol–water partition coefficient (Wildman–Crippen LogP) is 2.36. The number of hydrazine groups is 1. The van der Waals surface area contributed by atoms with Gasteiger partial charge in [0.15, 0.2) is 5.82 Å². The zero-order valence-corrected chi connectivity index (χ0v) is 8.97. The molecule has 1 aromatic rings. The van der Waals surface area contributed by atoms with Crippen LogP contribution in [0, 0.1) is 11.6 Å². The van der Waals surface area contributed by atoms with Gasteiger partial charge in [-0.3, -0.25) is 0 Å². The second kappa shape index (κ2) is 4.65. The molecule has 0 aromatic heterocycles. The lowest BCUT2D eigenvalue weighted by molar-refractivity contribution is 0.273. The number of nitrogens with one attached hydrogen (secondary N) is 1. The van der Waals surface area contributed by atoms with Crippen molar-refractivity contribution in [3.05, 3.63) is 23.8 Å². The van der Waals surface area contributed by atoms with Gasteiger partial charge in [0.1, 0.15) is 5.82 Å². The van der Waals surface area contributed by atoms with E-state index in [-0.39, 0.29) is 5.69 Å². The van der Waals surface area contributed by atoms with Crippen molar-refractivity contribution in [2.45, 2.75) is 19.3 Å². The number of hydrogen-bond acceptors (Lipinski definition) is 3. The van der Waals surface area contributed by atoms with Gasteiger partial charge in [-0.1, -0.05) is 6.42 Å². The fourth-order valence-electron chi connectivity index (χ4n) is 1.85. The van der Waals surface area contributed by atoms with Crippen molar-refractivity contribution in [1.82, 2.24) is 5.01 Å². The van der Waals surface area contributed by atoms with Crippen LogP contribution in [-0.4, -0.2) is 18.1 Å². The van der Waals surface area contributed by atoms with E-state index in [1.807, 2.05) is 5.01 Å². The van der Waals surface area contributed by atoms with Gasteiger partial charge in [-0.2, -0.15) is 0 Å². The van der Waals surface area contributed by atoms with Gasteiger partial charge in [0.25, 0.3) is 0 Å². The number of benzene rings is 1. The molecular weight excluding hydrogens is 212 g/mol. The Morgan fingerprint density at radius 1 is 1.12 bits per heavy atom. The molecule has 0 amide bonds. The second-order valence-corrected chi connectivity index (χ2v) is 4.01. The van der Waals surface area contributed by atoms with Crippen molar-refractivity contribution in [3.63, 3.8) is 0 Å². The molecule has 2 rings (SSSR count). The van der Waals surface area contributed by atoms with E-state index in [1.54, 1.807) is 0 Å². The van der Waals surface area contributed by atoms with Crippen LogP contribution in [0.25, 0.3) is 0 Å². The molecule has 1 fully saturated rings. The Bertz CT molecular complexity index is 376. The maximum absolute atomic E-state index is 13.2. The first kappa shape index (κ1) is 11.1. The third-order valence-corrected chi connectivity index (χ3v) is 2.73. The number of halogens is 2. The predicted molar refractivity (Wildman–Crippen MR) is 59.8 cm³/mol. The molecule has 0 saturated carbocycles. The SMILES string of the molecule is Nc1c(F)cc(F)cc1NN1CCCCC1. The van der Waals surface area contributed by atoms with Crippen LogP contribution in [0.2, 0.25) is 0 Å².